The Labute approximate surface area is 243 Å². The van der Waals surface area contributed by atoms with E-state index in [1.54, 1.807) is 6.20 Å². The zero-order valence-electron chi connectivity index (χ0n) is 22.8. The fourth-order valence-electron chi connectivity index (χ4n) is 6.03. The molecule has 0 aliphatic carbocycles. The standard InChI is InChI=1S/C39H25N3/c1-2-32-34(19-16-26-13-12-25-7-3-4-11-33(25)37(26)32)36-21-18-28-15-14-27-17-20-35(41-38(27)39(28)42-36)30-9-5-8-29(23-30)31-10-6-22-40-24-31/h2-24H,1H2. The Morgan fingerprint density at radius 2 is 1.19 bits per heavy atom. The van der Waals surface area contributed by atoms with E-state index in [0.29, 0.717) is 0 Å². The van der Waals surface area contributed by atoms with E-state index in [0.717, 1.165) is 61.0 Å². The van der Waals surface area contributed by atoms with E-state index in [4.69, 9.17) is 9.97 Å². The van der Waals surface area contributed by atoms with Gasteiger partial charge < -0.3 is 0 Å². The first kappa shape index (κ1) is 24.2. The average Bonchev–Trinajstić information content (AvgIpc) is 3.07. The fraction of sp³-hybridized carbons (Fsp3) is 0. The van der Waals surface area contributed by atoms with Crippen LogP contribution in [0.15, 0.2) is 140 Å². The summed E-state index contributed by atoms with van der Waals surface area (Å²) >= 11 is 0. The van der Waals surface area contributed by atoms with E-state index in [2.05, 4.69) is 127 Å². The Morgan fingerprint density at radius 3 is 2.00 bits per heavy atom. The molecule has 0 saturated heterocycles. The summed E-state index contributed by atoms with van der Waals surface area (Å²) in [6.07, 6.45) is 5.65. The molecule has 0 aliphatic rings. The second kappa shape index (κ2) is 9.76. The lowest BCUT2D eigenvalue weighted by Crippen LogP contribution is -1.93. The molecule has 196 valence electrons. The van der Waals surface area contributed by atoms with Crippen LogP contribution in [0.3, 0.4) is 0 Å². The minimum atomic E-state index is 0.892. The molecular weight excluding hydrogens is 510 g/mol. The predicted molar refractivity (Wildman–Crippen MR) is 176 cm³/mol. The topological polar surface area (TPSA) is 38.7 Å². The number of benzene rings is 5. The van der Waals surface area contributed by atoms with Gasteiger partial charge in [-0.25, -0.2) is 9.97 Å². The number of hydrogen-bond acceptors (Lipinski definition) is 3. The van der Waals surface area contributed by atoms with Gasteiger partial charge in [-0.05, 0) is 56.9 Å². The summed E-state index contributed by atoms with van der Waals surface area (Å²) in [6, 6.07) is 42.5. The number of hydrogen-bond donors (Lipinski definition) is 0. The highest BCUT2D eigenvalue weighted by molar-refractivity contribution is 6.13. The molecule has 5 aromatic carbocycles. The molecule has 3 aromatic heterocycles. The van der Waals surface area contributed by atoms with Gasteiger partial charge in [0.05, 0.1) is 22.4 Å². The zero-order valence-corrected chi connectivity index (χ0v) is 22.8. The highest BCUT2D eigenvalue weighted by Gasteiger charge is 2.14. The molecule has 0 amide bonds. The number of pyridine rings is 3. The van der Waals surface area contributed by atoms with Crippen molar-refractivity contribution in [1.82, 2.24) is 15.0 Å². The summed E-state index contributed by atoms with van der Waals surface area (Å²) in [4.78, 5) is 14.7. The van der Waals surface area contributed by atoms with Gasteiger partial charge in [-0.1, -0.05) is 110 Å². The average molecular weight is 536 g/mol. The van der Waals surface area contributed by atoms with Gasteiger partial charge in [0.15, 0.2) is 0 Å². The van der Waals surface area contributed by atoms with Crippen LogP contribution >= 0.6 is 0 Å². The van der Waals surface area contributed by atoms with Gasteiger partial charge in [0.1, 0.15) is 0 Å². The number of rotatable bonds is 4. The van der Waals surface area contributed by atoms with Crippen molar-refractivity contribution in [3.63, 3.8) is 0 Å². The van der Waals surface area contributed by atoms with Crippen LogP contribution in [0.4, 0.5) is 0 Å². The van der Waals surface area contributed by atoms with E-state index in [1.165, 1.54) is 21.5 Å². The van der Waals surface area contributed by atoms with Gasteiger partial charge in [0.25, 0.3) is 0 Å². The predicted octanol–water partition coefficient (Wildman–Crippen LogP) is 10.1. The lowest BCUT2D eigenvalue weighted by molar-refractivity contribution is 1.33. The van der Waals surface area contributed by atoms with Gasteiger partial charge in [-0.3, -0.25) is 4.98 Å². The second-order valence-corrected chi connectivity index (χ2v) is 10.5. The third kappa shape index (κ3) is 3.94. The van der Waals surface area contributed by atoms with Crippen molar-refractivity contribution in [3.8, 4) is 33.6 Å². The molecule has 8 rings (SSSR count). The van der Waals surface area contributed by atoms with Crippen molar-refractivity contribution in [3.05, 3.63) is 146 Å². The minimum absolute atomic E-state index is 0.892. The van der Waals surface area contributed by atoms with Crippen molar-refractivity contribution in [2.75, 3.05) is 0 Å². The minimum Gasteiger partial charge on any atom is -0.264 e. The molecule has 0 radical (unpaired) electrons. The van der Waals surface area contributed by atoms with Crippen LogP contribution in [0, 0.1) is 0 Å². The smallest absolute Gasteiger partial charge is 0.0972 e. The zero-order chi connectivity index (χ0) is 28.0. The maximum atomic E-state index is 5.25. The van der Waals surface area contributed by atoms with Crippen LogP contribution in [-0.2, 0) is 0 Å². The molecule has 0 spiro atoms. The summed E-state index contributed by atoms with van der Waals surface area (Å²) < 4.78 is 0. The maximum absolute atomic E-state index is 5.25. The Bertz CT molecular complexity index is 2320. The van der Waals surface area contributed by atoms with Crippen molar-refractivity contribution < 1.29 is 0 Å². The Kier molecular flexibility index (Phi) is 5.61. The molecule has 3 heteroatoms. The maximum Gasteiger partial charge on any atom is 0.0972 e. The van der Waals surface area contributed by atoms with Crippen molar-refractivity contribution in [2.45, 2.75) is 0 Å². The fourth-order valence-corrected chi connectivity index (χ4v) is 6.03. The molecule has 0 saturated carbocycles. The summed E-state index contributed by atoms with van der Waals surface area (Å²) in [5.74, 6) is 0. The first-order valence-corrected chi connectivity index (χ1v) is 14.1. The molecule has 0 unspecified atom stereocenters. The van der Waals surface area contributed by atoms with Crippen LogP contribution in [-0.4, -0.2) is 15.0 Å². The number of nitrogens with zero attached hydrogens (tertiary/aromatic N) is 3. The molecule has 3 heterocycles. The third-order valence-corrected chi connectivity index (χ3v) is 8.10. The van der Waals surface area contributed by atoms with Crippen LogP contribution < -0.4 is 0 Å². The number of aromatic nitrogens is 3. The molecule has 0 N–H and O–H groups in total. The second-order valence-electron chi connectivity index (χ2n) is 10.5. The first-order chi connectivity index (χ1) is 20.8. The molecule has 0 atom stereocenters. The Morgan fingerprint density at radius 1 is 0.524 bits per heavy atom. The van der Waals surface area contributed by atoms with E-state index in [1.807, 2.05) is 18.3 Å². The summed E-state index contributed by atoms with van der Waals surface area (Å²) in [5, 5.41) is 6.96. The van der Waals surface area contributed by atoms with Crippen molar-refractivity contribution in [2.24, 2.45) is 0 Å². The lowest BCUT2D eigenvalue weighted by Gasteiger charge is -2.13. The van der Waals surface area contributed by atoms with E-state index >= 15 is 0 Å². The Hall–Kier alpha value is -5.67. The lowest BCUT2D eigenvalue weighted by atomic mass is 9.92. The van der Waals surface area contributed by atoms with Gasteiger partial charge in [0, 0.05) is 39.9 Å². The van der Waals surface area contributed by atoms with Gasteiger partial charge >= 0.3 is 0 Å². The van der Waals surface area contributed by atoms with Gasteiger partial charge in [-0.2, -0.15) is 0 Å². The molecule has 0 fully saturated rings. The molecule has 3 nitrogen and oxygen atoms in total. The largest absolute Gasteiger partial charge is 0.264 e. The molecule has 0 aliphatic heterocycles. The molecule has 42 heavy (non-hydrogen) atoms. The van der Waals surface area contributed by atoms with Gasteiger partial charge in [-0.15, -0.1) is 0 Å². The van der Waals surface area contributed by atoms with Crippen LogP contribution in [0.2, 0.25) is 0 Å². The van der Waals surface area contributed by atoms with E-state index < -0.39 is 0 Å². The highest BCUT2D eigenvalue weighted by Crippen LogP contribution is 2.36. The van der Waals surface area contributed by atoms with Crippen LogP contribution in [0.25, 0.3) is 83.1 Å². The monoisotopic (exact) mass is 535 g/mol. The molecular formula is C39H25N3. The van der Waals surface area contributed by atoms with Gasteiger partial charge in [0.2, 0.25) is 0 Å². The third-order valence-electron chi connectivity index (χ3n) is 8.10. The van der Waals surface area contributed by atoms with Crippen molar-refractivity contribution in [1.29, 1.82) is 0 Å². The first-order valence-electron chi connectivity index (χ1n) is 14.1. The van der Waals surface area contributed by atoms with Crippen molar-refractivity contribution >= 4 is 49.4 Å². The highest BCUT2D eigenvalue weighted by atomic mass is 14.8. The van der Waals surface area contributed by atoms with E-state index in [-0.39, 0.29) is 0 Å². The SMILES string of the molecule is C=Cc1c(-c2ccc3ccc4ccc(-c5cccc(-c6cccnc6)c5)nc4c3n2)ccc2ccc3ccccc3c12. The quantitative estimate of drug-likeness (QED) is 0.210. The summed E-state index contributed by atoms with van der Waals surface area (Å²) in [5.41, 5.74) is 9.02. The van der Waals surface area contributed by atoms with Crippen LogP contribution in [0.1, 0.15) is 5.56 Å². The molecule has 0 bridgehead atoms. The van der Waals surface area contributed by atoms with E-state index in [9.17, 15) is 0 Å². The Balaban J connectivity index is 1.32. The van der Waals surface area contributed by atoms with Crippen LogP contribution in [0.5, 0.6) is 0 Å². The summed E-state index contributed by atoms with van der Waals surface area (Å²) in [6.45, 7) is 4.22. The summed E-state index contributed by atoms with van der Waals surface area (Å²) in [7, 11) is 0. The molecule has 8 aromatic rings. The normalized spacial score (nSPS) is 11.4. The number of fused-ring (bicyclic) bond motifs is 6.